The molecule has 1 N–H and O–H groups in total. The van der Waals surface area contributed by atoms with E-state index in [1.807, 2.05) is 45.0 Å². The molecule has 1 aromatic heterocycles. The number of nitro groups is 1. The molecule has 10 nitrogen and oxygen atoms in total. The minimum absolute atomic E-state index is 0.0850. The van der Waals surface area contributed by atoms with Crippen LogP contribution in [0.5, 0.6) is 0 Å². The molecule has 0 bridgehead atoms. The van der Waals surface area contributed by atoms with E-state index in [1.165, 1.54) is 12.1 Å². The monoisotopic (exact) mass is 528 g/mol. The van der Waals surface area contributed by atoms with Crippen LogP contribution >= 0.6 is 0 Å². The van der Waals surface area contributed by atoms with Crippen molar-refractivity contribution in [1.82, 2.24) is 19.8 Å². The number of carbonyl (C=O) groups excluding carboxylic acids is 1. The molecule has 2 aliphatic heterocycles. The zero-order valence-corrected chi connectivity index (χ0v) is 22.4. The molecule has 0 spiro atoms. The summed E-state index contributed by atoms with van der Waals surface area (Å²) in [6.07, 6.45) is 0.447. The molecule has 1 amide bonds. The number of nitrogens with zero attached hydrogens (tertiary/aromatic N) is 5. The second-order valence-corrected chi connectivity index (χ2v) is 11.0. The fourth-order valence-electron chi connectivity index (χ4n) is 4.61. The number of nitrogens with one attached hydrogen (secondary N) is 1. The Morgan fingerprint density at radius 2 is 1.82 bits per heavy atom. The first-order valence-corrected chi connectivity index (χ1v) is 13.1. The Kier molecular flexibility index (Phi) is 7.35. The Balaban J connectivity index is 1.16. The molecule has 39 heavy (non-hydrogen) atoms. The van der Waals surface area contributed by atoms with Crippen molar-refractivity contribution >= 4 is 28.5 Å². The SMILES string of the molecule is CC(C)(C)OC(=O)N1CC(N2CC(C#Cc3nc(NCCc4ccc([N+](=O)[O-])cc4)c4ccccc4n3)C2)C1. The summed E-state index contributed by atoms with van der Waals surface area (Å²) in [6, 6.07) is 14.8. The first-order chi connectivity index (χ1) is 18.6. The molecule has 202 valence electrons. The van der Waals surface area contributed by atoms with Gasteiger partial charge in [0.1, 0.15) is 11.4 Å². The average Bonchev–Trinajstić information content (AvgIpc) is 2.83. The number of rotatable bonds is 6. The van der Waals surface area contributed by atoms with E-state index in [2.05, 4.69) is 32.0 Å². The number of non-ortho nitro benzene ring substituents is 1. The number of likely N-dealkylation sites (tertiary alicyclic amines) is 2. The number of hydrogen-bond donors (Lipinski definition) is 1. The highest BCUT2D eigenvalue weighted by atomic mass is 16.6. The van der Waals surface area contributed by atoms with E-state index in [0.717, 1.165) is 35.4 Å². The summed E-state index contributed by atoms with van der Waals surface area (Å²) in [4.78, 5) is 36.0. The van der Waals surface area contributed by atoms with Gasteiger partial charge in [-0.3, -0.25) is 15.0 Å². The number of fused-ring (bicyclic) bond motifs is 1. The molecule has 10 heteroatoms. The highest BCUT2D eigenvalue weighted by molar-refractivity contribution is 5.89. The van der Waals surface area contributed by atoms with Gasteiger partial charge in [-0.15, -0.1) is 0 Å². The van der Waals surface area contributed by atoms with Gasteiger partial charge < -0.3 is 15.0 Å². The molecule has 3 aromatic rings. The summed E-state index contributed by atoms with van der Waals surface area (Å²) in [5.74, 6) is 7.92. The molecule has 2 fully saturated rings. The summed E-state index contributed by atoms with van der Waals surface area (Å²) in [5, 5.41) is 15.2. The lowest BCUT2D eigenvalue weighted by molar-refractivity contribution is -0.384. The number of benzene rings is 2. The minimum atomic E-state index is -0.479. The summed E-state index contributed by atoms with van der Waals surface area (Å²) in [7, 11) is 0. The maximum atomic E-state index is 12.2. The lowest BCUT2D eigenvalue weighted by Gasteiger charge is -2.50. The molecule has 0 atom stereocenters. The molecule has 5 rings (SSSR count). The lowest BCUT2D eigenvalue weighted by atomic mass is 9.95. The van der Waals surface area contributed by atoms with Crippen molar-refractivity contribution in [2.75, 3.05) is 38.0 Å². The Morgan fingerprint density at radius 1 is 1.10 bits per heavy atom. The van der Waals surface area contributed by atoms with Crippen LogP contribution < -0.4 is 5.32 Å². The number of ether oxygens (including phenoxy) is 1. The van der Waals surface area contributed by atoms with Crippen LogP contribution in [0.2, 0.25) is 0 Å². The van der Waals surface area contributed by atoms with Crippen molar-refractivity contribution < 1.29 is 14.5 Å². The highest BCUT2D eigenvalue weighted by Crippen LogP contribution is 2.26. The van der Waals surface area contributed by atoms with E-state index >= 15 is 0 Å². The van der Waals surface area contributed by atoms with Gasteiger partial charge in [-0.1, -0.05) is 30.2 Å². The number of carbonyl (C=O) groups is 1. The molecule has 0 saturated carbocycles. The Labute approximate surface area is 227 Å². The van der Waals surface area contributed by atoms with Crippen molar-refractivity contribution in [2.24, 2.45) is 5.92 Å². The second kappa shape index (κ2) is 10.9. The van der Waals surface area contributed by atoms with Gasteiger partial charge >= 0.3 is 6.09 Å². The number of aromatic nitrogens is 2. The van der Waals surface area contributed by atoms with Crippen LogP contribution in [0.1, 0.15) is 32.2 Å². The topological polar surface area (TPSA) is 114 Å². The molecular formula is C29H32N6O4. The van der Waals surface area contributed by atoms with Crippen molar-refractivity contribution in [2.45, 2.75) is 38.8 Å². The Morgan fingerprint density at radius 3 is 2.51 bits per heavy atom. The number of anilines is 1. The van der Waals surface area contributed by atoms with Gasteiger partial charge in [0.15, 0.2) is 0 Å². The third kappa shape index (κ3) is 6.44. The van der Waals surface area contributed by atoms with Gasteiger partial charge in [0.2, 0.25) is 5.82 Å². The van der Waals surface area contributed by atoms with Crippen molar-refractivity contribution in [3.05, 3.63) is 70.0 Å². The maximum Gasteiger partial charge on any atom is 0.410 e. The predicted molar refractivity (Wildman–Crippen MR) is 148 cm³/mol. The van der Waals surface area contributed by atoms with Crippen LogP contribution in [0, 0.1) is 27.9 Å². The van der Waals surface area contributed by atoms with Gasteiger partial charge in [-0.05, 0) is 50.8 Å². The lowest BCUT2D eigenvalue weighted by Crippen LogP contribution is -2.66. The maximum absolute atomic E-state index is 12.2. The van der Waals surface area contributed by atoms with Crippen LogP contribution in [0.25, 0.3) is 10.9 Å². The molecule has 2 aromatic carbocycles. The minimum Gasteiger partial charge on any atom is -0.444 e. The standard InChI is InChI=1S/C29H32N6O4/c1-29(2,3)39-28(36)34-18-23(19-34)33-16-21(17-33)10-13-26-31-25-7-5-4-6-24(25)27(32-26)30-15-14-20-8-11-22(12-9-20)35(37)38/h4-9,11-12,21,23H,14-19H2,1-3H3,(H,30,31,32). The number of hydrogen-bond acceptors (Lipinski definition) is 8. The van der Waals surface area contributed by atoms with E-state index in [-0.39, 0.29) is 17.7 Å². The van der Waals surface area contributed by atoms with E-state index < -0.39 is 10.5 Å². The fourth-order valence-corrected chi connectivity index (χ4v) is 4.61. The average molecular weight is 529 g/mol. The third-order valence-electron chi connectivity index (χ3n) is 6.78. The van der Waals surface area contributed by atoms with Gasteiger partial charge in [0.25, 0.3) is 5.69 Å². The Bertz CT molecular complexity index is 1430. The van der Waals surface area contributed by atoms with Crippen molar-refractivity contribution in [1.29, 1.82) is 0 Å². The molecule has 2 aliphatic rings. The van der Waals surface area contributed by atoms with E-state index in [9.17, 15) is 14.9 Å². The summed E-state index contributed by atoms with van der Waals surface area (Å²) < 4.78 is 5.43. The predicted octanol–water partition coefficient (Wildman–Crippen LogP) is 4.10. The van der Waals surface area contributed by atoms with E-state index in [4.69, 9.17) is 4.74 Å². The van der Waals surface area contributed by atoms with Crippen LogP contribution in [-0.2, 0) is 11.2 Å². The summed E-state index contributed by atoms with van der Waals surface area (Å²) in [6.45, 7) is 9.37. The largest absolute Gasteiger partial charge is 0.444 e. The quantitative estimate of drug-likeness (QED) is 0.289. The fraction of sp³-hybridized carbons (Fsp3) is 0.414. The number of nitro benzene ring substituents is 1. The normalized spacial score (nSPS) is 16.1. The van der Waals surface area contributed by atoms with Crippen LogP contribution in [-0.4, -0.2) is 75.2 Å². The summed E-state index contributed by atoms with van der Waals surface area (Å²) in [5.41, 5.74) is 1.43. The Hall–Kier alpha value is -4.23. The van der Waals surface area contributed by atoms with Gasteiger partial charge in [0.05, 0.1) is 10.4 Å². The molecule has 0 unspecified atom stereocenters. The first kappa shape index (κ1) is 26.4. The molecular weight excluding hydrogens is 496 g/mol. The molecule has 0 radical (unpaired) electrons. The van der Waals surface area contributed by atoms with Gasteiger partial charge in [-0.2, -0.15) is 0 Å². The van der Waals surface area contributed by atoms with Crippen LogP contribution in [0.4, 0.5) is 16.3 Å². The van der Waals surface area contributed by atoms with Crippen molar-refractivity contribution in [3.8, 4) is 11.8 Å². The van der Waals surface area contributed by atoms with E-state index in [0.29, 0.717) is 37.9 Å². The van der Waals surface area contributed by atoms with Crippen LogP contribution in [0.3, 0.4) is 0 Å². The number of amides is 1. The zero-order valence-electron chi connectivity index (χ0n) is 22.4. The summed E-state index contributed by atoms with van der Waals surface area (Å²) >= 11 is 0. The number of para-hydroxylation sites is 1. The second-order valence-electron chi connectivity index (χ2n) is 11.0. The zero-order chi connectivity index (χ0) is 27.6. The first-order valence-electron chi connectivity index (χ1n) is 13.1. The molecule has 0 aliphatic carbocycles. The highest BCUT2D eigenvalue weighted by Gasteiger charge is 2.41. The van der Waals surface area contributed by atoms with Gasteiger partial charge in [-0.25, -0.2) is 14.8 Å². The van der Waals surface area contributed by atoms with Crippen LogP contribution in [0.15, 0.2) is 48.5 Å². The van der Waals surface area contributed by atoms with E-state index in [1.54, 1.807) is 17.0 Å². The smallest absolute Gasteiger partial charge is 0.410 e. The molecule has 3 heterocycles. The molecule has 2 saturated heterocycles. The van der Waals surface area contributed by atoms with Gasteiger partial charge in [0, 0.05) is 62.2 Å². The third-order valence-corrected chi connectivity index (χ3v) is 6.78. The van der Waals surface area contributed by atoms with Crippen molar-refractivity contribution in [3.63, 3.8) is 0 Å².